The summed E-state index contributed by atoms with van der Waals surface area (Å²) in [7, 11) is 0. The first-order valence-electron chi connectivity index (χ1n) is 5.84. The largest absolute Gasteiger partial charge is 2.00 e. The van der Waals surface area contributed by atoms with Gasteiger partial charge in [-0.3, -0.25) is 10.7 Å². The molecule has 0 spiro atoms. The maximum atomic E-state index is 8.52. The monoisotopic (exact) mass is 346 g/mol. The molecule has 1 aromatic carbocycles. The van der Waals surface area contributed by atoms with Crippen molar-refractivity contribution >= 4 is 22.8 Å². The molecule has 2 N–H and O–H groups in total. The zero-order chi connectivity index (χ0) is 13.5. The average Bonchev–Trinajstić information content (AvgIpc) is 3.08. The van der Waals surface area contributed by atoms with Crippen molar-refractivity contribution in [1.82, 2.24) is 10.5 Å². The van der Waals surface area contributed by atoms with Crippen molar-refractivity contribution in [3.63, 3.8) is 0 Å². The number of nitrogens with zero attached hydrogens (tertiary/aromatic N) is 2. The minimum absolute atomic E-state index is 0. The number of nitrogens with one attached hydrogen (secondary N) is 1. The van der Waals surface area contributed by atoms with Crippen molar-refractivity contribution in [2.24, 2.45) is 4.99 Å². The Morgan fingerprint density at radius 2 is 2.05 bits per heavy atom. The van der Waals surface area contributed by atoms with E-state index in [2.05, 4.69) is 9.98 Å². The van der Waals surface area contributed by atoms with Crippen LogP contribution in [0.5, 0.6) is 17.2 Å². The van der Waals surface area contributed by atoms with Crippen LogP contribution in [0.15, 0.2) is 17.1 Å². The van der Waals surface area contributed by atoms with Crippen molar-refractivity contribution in [2.45, 2.75) is 6.61 Å². The van der Waals surface area contributed by atoms with E-state index in [1.807, 2.05) is 17.6 Å². The molecule has 0 saturated heterocycles. The Labute approximate surface area is 134 Å². The maximum Gasteiger partial charge on any atom is 2.00 e. The second kappa shape index (κ2) is 5.53. The summed E-state index contributed by atoms with van der Waals surface area (Å²) in [6, 6.07) is 3.69. The molecule has 2 aliphatic rings. The van der Waals surface area contributed by atoms with E-state index >= 15 is 0 Å². The van der Waals surface area contributed by atoms with Crippen LogP contribution < -0.4 is 19.7 Å². The minimum atomic E-state index is 0. The normalized spacial score (nSPS) is 14.1. The molecule has 0 unspecified atom stereocenters. The summed E-state index contributed by atoms with van der Waals surface area (Å²) in [4.78, 5) is 9.42. The third-order valence-corrected chi connectivity index (χ3v) is 3.94. The van der Waals surface area contributed by atoms with Crippen LogP contribution in [0, 0.1) is 0 Å². The summed E-state index contributed by atoms with van der Waals surface area (Å²) in [5.41, 5.74) is 3.56. The Morgan fingerprint density at radius 3 is 2.86 bits per heavy atom. The molecule has 4 rings (SSSR count). The second-order valence-corrected chi connectivity index (χ2v) is 5.21. The molecule has 0 fully saturated rings. The first-order chi connectivity index (χ1) is 9.85. The van der Waals surface area contributed by atoms with Crippen molar-refractivity contribution < 1.29 is 36.5 Å². The van der Waals surface area contributed by atoms with Gasteiger partial charge in [0.2, 0.25) is 11.9 Å². The van der Waals surface area contributed by atoms with Crippen LogP contribution in [0.2, 0.25) is 0 Å². The molecule has 21 heavy (non-hydrogen) atoms. The van der Waals surface area contributed by atoms with Gasteiger partial charge >= 0.3 is 17.1 Å². The molecule has 0 amide bonds. The standard InChI is InChI=1S/C12H9N3O4S.Mn/c16-14-4-13-12-15-11-6-1-8-9(19-5-18-8)2-7(6)17-3-10(11)20-12;/h1-2,4,16H,3,5H2,(H,13,14,15);/q;+2. The molecule has 107 valence electrons. The SMILES string of the molecule is ON/C=N\c1nc2c(s1)COc1cc3c(cc1-2)OCO3.[Mn+2]. The molecule has 2 aromatic rings. The molecule has 2 aliphatic heterocycles. The summed E-state index contributed by atoms with van der Waals surface area (Å²) in [6.07, 6.45) is 1.17. The number of ether oxygens (including phenoxy) is 3. The fourth-order valence-corrected chi connectivity index (χ4v) is 2.99. The number of thiazole rings is 1. The van der Waals surface area contributed by atoms with Gasteiger partial charge in [-0.2, -0.15) is 0 Å². The molecule has 3 heterocycles. The number of hydrogen-bond donors (Lipinski definition) is 2. The van der Waals surface area contributed by atoms with E-state index < -0.39 is 0 Å². The van der Waals surface area contributed by atoms with Gasteiger partial charge in [-0.05, 0) is 6.07 Å². The van der Waals surface area contributed by atoms with E-state index in [9.17, 15) is 0 Å². The van der Waals surface area contributed by atoms with Crippen LogP contribution in [0.25, 0.3) is 11.3 Å². The van der Waals surface area contributed by atoms with Crippen molar-refractivity contribution in [2.75, 3.05) is 6.79 Å². The van der Waals surface area contributed by atoms with Gasteiger partial charge in [0.25, 0.3) is 0 Å². The van der Waals surface area contributed by atoms with Gasteiger partial charge < -0.3 is 14.2 Å². The number of aromatic nitrogens is 1. The summed E-state index contributed by atoms with van der Waals surface area (Å²) in [5, 5.41) is 9.06. The number of aliphatic imine (C=N–C) groups is 1. The van der Waals surface area contributed by atoms with E-state index in [-0.39, 0.29) is 23.9 Å². The van der Waals surface area contributed by atoms with Gasteiger partial charge in [-0.25, -0.2) is 9.98 Å². The molecule has 9 heteroatoms. The predicted molar refractivity (Wildman–Crippen MR) is 71.1 cm³/mol. The molecule has 1 aromatic heterocycles. The molecular weight excluding hydrogens is 337 g/mol. The van der Waals surface area contributed by atoms with Crippen LogP contribution in [0.1, 0.15) is 4.88 Å². The molecule has 7 nitrogen and oxygen atoms in total. The third-order valence-electron chi connectivity index (χ3n) is 3.01. The molecule has 0 atom stereocenters. The second-order valence-electron chi connectivity index (χ2n) is 4.15. The van der Waals surface area contributed by atoms with E-state index in [0.29, 0.717) is 23.2 Å². The average molecular weight is 346 g/mol. The molecule has 0 aliphatic carbocycles. The predicted octanol–water partition coefficient (Wildman–Crippen LogP) is 2.07. The topological polar surface area (TPSA) is 85.2 Å². The number of fused-ring (bicyclic) bond motifs is 4. The quantitative estimate of drug-likeness (QED) is 0.375. The van der Waals surface area contributed by atoms with E-state index in [4.69, 9.17) is 19.4 Å². The van der Waals surface area contributed by atoms with Crippen molar-refractivity contribution in [1.29, 1.82) is 0 Å². The van der Waals surface area contributed by atoms with Crippen molar-refractivity contribution in [3.8, 4) is 28.5 Å². The number of rotatable bonds is 2. The van der Waals surface area contributed by atoms with Gasteiger partial charge in [0, 0.05) is 11.6 Å². The number of benzene rings is 1. The zero-order valence-electron chi connectivity index (χ0n) is 10.5. The van der Waals surface area contributed by atoms with Crippen LogP contribution in [-0.4, -0.2) is 23.3 Å². The van der Waals surface area contributed by atoms with Crippen LogP contribution in [-0.2, 0) is 23.7 Å². The summed E-state index contributed by atoms with van der Waals surface area (Å²) < 4.78 is 16.4. The van der Waals surface area contributed by atoms with Crippen molar-refractivity contribution in [3.05, 3.63) is 17.0 Å². The number of hydroxylamine groups is 1. The first kappa shape index (κ1) is 14.2. The van der Waals surface area contributed by atoms with E-state index in [1.54, 1.807) is 0 Å². The Balaban J connectivity index is 0.00000132. The maximum absolute atomic E-state index is 8.52. The number of hydrogen-bond acceptors (Lipinski definition) is 7. The fourth-order valence-electron chi connectivity index (χ4n) is 2.16. The Kier molecular flexibility index (Phi) is 3.73. The zero-order valence-corrected chi connectivity index (χ0v) is 12.5. The van der Waals surface area contributed by atoms with Gasteiger partial charge in [0.05, 0.1) is 10.6 Å². The smallest absolute Gasteiger partial charge is 0.487 e. The molecule has 1 radical (unpaired) electrons. The van der Waals surface area contributed by atoms with Gasteiger partial charge in [-0.1, -0.05) is 11.3 Å². The van der Waals surface area contributed by atoms with E-state index in [1.165, 1.54) is 17.7 Å². The Hall–Kier alpha value is -1.80. The Bertz CT molecular complexity index is 719. The first-order valence-corrected chi connectivity index (χ1v) is 6.65. The van der Waals surface area contributed by atoms with Gasteiger partial charge in [0.15, 0.2) is 11.5 Å². The molecular formula is C12H9MnN3O4S+2. The summed E-state index contributed by atoms with van der Waals surface area (Å²) in [6.45, 7) is 0.668. The van der Waals surface area contributed by atoms with Crippen LogP contribution >= 0.6 is 11.3 Å². The van der Waals surface area contributed by atoms with Crippen LogP contribution in [0.4, 0.5) is 5.13 Å². The van der Waals surface area contributed by atoms with E-state index in [0.717, 1.165) is 21.9 Å². The summed E-state index contributed by atoms with van der Waals surface area (Å²) in [5.74, 6) is 2.10. The Morgan fingerprint density at radius 1 is 1.24 bits per heavy atom. The van der Waals surface area contributed by atoms with Gasteiger partial charge in [-0.15, -0.1) is 0 Å². The third kappa shape index (κ3) is 2.34. The van der Waals surface area contributed by atoms with Crippen LogP contribution in [0.3, 0.4) is 0 Å². The molecule has 0 bridgehead atoms. The van der Waals surface area contributed by atoms with Gasteiger partial charge in [0.1, 0.15) is 18.7 Å². The minimum Gasteiger partial charge on any atom is -0.487 e. The fraction of sp³-hybridized carbons (Fsp3) is 0.167. The summed E-state index contributed by atoms with van der Waals surface area (Å²) >= 11 is 1.41. The molecule has 0 saturated carbocycles.